The van der Waals surface area contributed by atoms with Gasteiger partial charge < -0.3 is 4.74 Å². The van der Waals surface area contributed by atoms with Crippen LogP contribution in [0.5, 0.6) is 5.75 Å². The first kappa shape index (κ1) is 26.2. The largest absolute Gasteiger partial charge is 0.494 e. The van der Waals surface area contributed by atoms with Crippen LogP contribution in [0.2, 0.25) is 0 Å². The third-order valence-electron chi connectivity index (χ3n) is 5.22. The van der Waals surface area contributed by atoms with Gasteiger partial charge in [0.1, 0.15) is 5.75 Å². The van der Waals surface area contributed by atoms with Gasteiger partial charge in [-0.2, -0.15) is 8.78 Å². The minimum Gasteiger partial charge on any atom is -0.494 e. The maximum absolute atomic E-state index is 14.0. The second-order valence-corrected chi connectivity index (χ2v) is 8.07. The highest BCUT2D eigenvalue weighted by atomic mass is 19.2. The van der Waals surface area contributed by atoms with Crippen molar-refractivity contribution in [1.82, 2.24) is 0 Å². The number of benzene rings is 2. The van der Waals surface area contributed by atoms with E-state index in [4.69, 9.17) is 4.74 Å². The molecule has 2 rings (SSSR count). The lowest BCUT2D eigenvalue weighted by atomic mass is 10.0. The molecule has 0 aliphatic carbocycles. The van der Waals surface area contributed by atoms with E-state index >= 15 is 0 Å². The van der Waals surface area contributed by atoms with E-state index in [9.17, 15) is 8.78 Å². The first-order chi connectivity index (χ1) is 16.1. The summed E-state index contributed by atoms with van der Waals surface area (Å²) in [5.41, 5.74) is 2.47. The van der Waals surface area contributed by atoms with E-state index in [0.29, 0.717) is 17.7 Å². The van der Waals surface area contributed by atoms with Gasteiger partial charge in [-0.25, -0.2) is 0 Å². The minimum atomic E-state index is -1.16. The highest BCUT2D eigenvalue weighted by molar-refractivity contribution is 5.46. The molecule has 2 aromatic rings. The van der Waals surface area contributed by atoms with Gasteiger partial charge in [-0.1, -0.05) is 76.3 Å². The van der Waals surface area contributed by atoms with Crippen LogP contribution >= 0.6 is 0 Å². The van der Waals surface area contributed by atoms with Crippen molar-refractivity contribution in [3.63, 3.8) is 0 Å². The van der Waals surface area contributed by atoms with Crippen molar-refractivity contribution in [2.75, 3.05) is 6.61 Å². The molecular weight excluding hydrogens is 414 g/mol. The number of ether oxygens (including phenoxy) is 1. The molecule has 1 nitrogen and oxygen atoms in total. The van der Waals surface area contributed by atoms with Gasteiger partial charge in [-0.3, -0.25) is 0 Å². The Kier molecular flexibility index (Phi) is 12.5. The number of hydrogen-bond acceptors (Lipinski definition) is 1. The lowest BCUT2D eigenvalue weighted by Gasteiger charge is -2.05. The first-order valence-corrected chi connectivity index (χ1v) is 12.0. The summed E-state index contributed by atoms with van der Waals surface area (Å²) in [7, 11) is 0. The topological polar surface area (TPSA) is 9.23 Å². The van der Waals surface area contributed by atoms with Gasteiger partial charge in [0.15, 0.2) is 0 Å². The normalized spacial score (nSPS) is 11.0. The van der Waals surface area contributed by atoms with E-state index in [2.05, 4.69) is 37.5 Å². The zero-order valence-electron chi connectivity index (χ0n) is 19.9. The molecule has 0 spiro atoms. The lowest BCUT2D eigenvalue weighted by Crippen LogP contribution is -1.96. The van der Waals surface area contributed by atoms with Crippen molar-refractivity contribution in [3.8, 4) is 29.4 Å². The fourth-order valence-corrected chi connectivity index (χ4v) is 3.23. The SMILES string of the molecule is CCCCCCCc1ccc(C#CC(F)=C(F)C#Cc2ccc(OCCCCC)cc2)cc1. The number of hydrogen-bond donors (Lipinski definition) is 0. The van der Waals surface area contributed by atoms with Gasteiger partial charge in [-0.05, 0) is 73.1 Å². The minimum absolute atomic E-state index is 0.581. The standard InChI is InChI=1S/C30H34F2O/c1-3-5-7-8-9-11-25-12-14-26(15-13-25)18-22-29(31)30(32)23-19-27-16-20-28(21-17-27)33-24-10-6-4-2/h12-17,20-21H,3-11,24H2,1-2H3. The number of allylic oxidation sites excluding steroid dienone is 2. The van der Waals surface area contributed by atoms with Crippen LogP contribution in [0.3, 0.4) is 0 Å². The van der Waals surface area contributed by atoms with E-state index < -0.39 is 11.7 Å². The third kappa shape index (κ3) is 10.9. The fraction of sp³-hybridized carbons (Fsp3) is 0.400. The van der Waals surface area contributed by atoms with Crippen LogP contribution in [0.15, 0.2) is 60.2 Å². The zero-order valence-corrected chi connectivity index (χ0v) is 19.9. The Balaban J connectivity index is 1.88. The van der Waals surface area contributed by atoms with Crippen molar-refractivity contribution in [1.29, 1.82) is 0 Å². The van der Waals surface area contributed by atoms with Gasteiger partial charge in [-0.15, -0.1) is 0 Å². The van der Waals surface area contributed by atoms with Crippen LogP contribution in [0.25, 0.3) is 0 Å². The summed E-state index contributed by atoms with van der Waals surface area (Å²) in [6.07, 6.45) is 10.5. The number of aryl methyl sites for hydroxylation is 1. The summed E-state index contributed by atoms with van der Waals surface area (Å²) in [6.45, 7) is 5.02. The third-order valence-corrected chi connectivity index (χ3v) is 5.22. The second-order valence-electron chi connectivity index (χ2n) is 8.07. The predicted octanol–water partition coefficient (Wildman–Crippen LogP) is 8.32. The number of halogens is 2. The Morgan fingerprint density at radius 2 is 1.18 bits per heavy atom. The van der Waals surface area contributed by atoms with Crippen LogP contribution in [-0.4, -0.2) is 6.61 Å². The lowest BCUT2D eigenvalue weighted by molar-refractivity contribution is 0.306. The molecule has 0 aliphatic heterocycles. The number of unbranched alkanes of at least 4 members (excludes halogenated alkanes) is 6. The van der Waals surface area contributed by atoms with Crippen molar-refractivity contribution >= 4 is 0 Å². The van der Waals surface area contributed by atoms with Gasteiger partial charge in [0.05, 0.1) is 6.61 Å². The molecule has 0 radical (unpaired) electrons. The molecule has 0 unspecified atom stereocenters. The predicted molar refractivity (Wildman–Crippen MR) is 133 cm³/mol. The molecule has 0 saturated carbocycles. The molecule has 0 aliphatic rings. The Labute approximate surface area is 198 Å². The van der Waals surface area contributed by atoms with Crippen LogP contribution in [-0.2, 0) is 6.42 Å². The average Bonchev–Trinajstić information content (AvgIpc) is 2.85. The summed E-state index contributed by atoms with van der Waals surface area (Å²) >= 11 is 0. The van der Waals surface area contributed by atoms with E-state index in [0.717, 1.165) is 31.4 Å². The first-order valence-electron chi connectivity index (χ1n) is 12.0. The zero-order chi connectivity index (χ0) is 23.7. The van der Waals surface area contributed by atoms with E-state index in [1.165, 1.54) is 37.7 Å². The molecular formula is C30H34F2O. The maximum Gasteiger partial charge on any atom is 0.217 e. The quantitative estimate of drug-likeness (QED) is 0.248. The molecule has 0 fully saturated rings. The van der Waals surface area contributed by atoms with E-state index in [1.54, 1.807) is 24.3 Å². The second kappa shape index (κ2) is 15.7. The fourth-order valence-electron chi connectivity index (χ4n) is 3.23. The van der Waals surface area contributed by atoms with Crippen LogP contribution in [0.4, 0.5) is 8.78 Å². The Bertz CT molecular complexity index is 980. The Hall–Kier alpha value is -3.04. The van der Waals surface area contributed by atoms with Gasteiger partial charge in [0.2, 0.25) is 11.7 Å². The van der Waals surface area contributed by atoms with Gasteiger partial charge in [0.25, 0.3) is 0 Å². The maximum atomic E-state index is 14.0. The van der Waals surface area contributed by atoms with Gasteiger partial charge >= 0.3 is 0 Å². The average molecular weight is 449 g/mol. The summed E-state index contributed by atoms with van der Waals surface area (Å²) < 4.78 is 33.6. The molecule has 174 valence electrons. The van der Waals surface area contributed by atoms with Crippen LogP contribution in [0.1, 0.15) is 81.9 Å². The molecule has 0 bridgehead atoms. The van der Waals surface area contributed by atoms with Gasteiger partial charge in [0, 0.05) is 11.1 Å². The summed E-state index contributed by atoms with van der Waals surface area (Å²) in [5, 5.41) is 0. The Morgan fingerprint density at radius 1 is 0.667 bits per heavy atom. The molecule has 0 aromatic heterocycles. The molecule has 0 heterocycles. The molecule has 33 heavy (non-hydrogen) atoms. The summed E-state index contributed by atoms with van der Waals surface area (Å²) in [5.74, 6) is 8.15. The van der Waals surface area contributed by atoms with Crippen molar-refractivity contribution in [3.05, 3.63) is 76.9 Å². The molecule has 0 amide bonds. The van der Waals surface area contributed by atoms with E-state index in [1.807, 2.05) is 24.3 Å². The van der Waals surface area contributed by atoms with Crippen molar-refractivity contribution < 1.29 is 13.5 Å². The molecule has 0 N–H and O–H groups in total. The number of rotatable bonds is 11. The van der Waals surface area contributed by atoms with Crippen LogP contribution in [0, 0.1) is 23.7 Å². The summed E-state index contributed by atoms with van der Waals surface area (Å²) in [6, 6.07) is 14.7. The van der Waals surface area contributed by atoms with Crippen LogP contribution < -0.4 is 4.74 Å². The summed E-state index contributed by atoms with van der Waals surface area (Å²) in [4.78, 5) is 0. The monoisotopic (exact) mass is 448 g/mol. The molecule has 0 atom stereocenters. The van der Waals surface area contributed by atoms with Crippen molar-refractivity contribution in [2.45, 2.75) is 71.6 Å². The molecule has 0 saturated heterocycles. The highest BCUT2D eigenvalue weighted by Crippen LogP contribution is 2.14. The Morgan fingerprint density at radius 3 is 1.76 bits per heavy atom. The highest BCUT2D eigenvalue weighted by Gasteiger charge is 2.00. The van der Waals surface area contributed by atoms with E-state index in [-0.39, 0.29) is 0 Å². The van der Waals surface area contributed by atoms with Crippen molar-refractivity contribution in [2.24, 2.45) is 0 Å². The smallest absolute Gasteiger partial charge is 0.217 e. The molecule has 2 aromatic carbocycles. The molecule has 3 heteroatoms.